The minimum atomic E-state index is 0.169. The fourth-order valence-corrected chi connectivity index (χ4v) is 2.88. The fourth-order valence-electron chi connectivity index (χ4n) is 2.88. The van der Waals surface area contributed by atoms with Gasteiger partial charge in [0.05, 0.1) is 19.7 Å². The van der Waals surface area contributed by atoms with Gasteiger partial charge < -0.3 is 9.59 Å². The van der Waals surface area contributed by atoms with Gasteiger partial charge in [-0.3, -0.25) is 4.79 Å². The number of carbonyl (C=O) groups excluding carboxylic acids is 1. The van der Waals surface area contributed by atoms with Crippen molar-refractivity contribution in [1.82, 2.24) is 0 Å². The highest BCUT2D eigenvalue weighted by Gasteiger charge is 2.32. The number of carbonyl (C=O) groups is 1. The van der Waals surface area contributed by atoms with E-state index in [1.54, 1.807) is 0 Å². The lowest BCUT2D eigenvalue weighted by atomic mass is 10.0. The van der Waals surface area contributed by atoms with Gasteiger partial charge >= 0.3 is 0 Å². The van der Waals surface area contributed by atoms with Crippen LogP contribution in [0.2, 0.25) is 0 Å². The van der Waals surface area contributed by atoms with Crippen molar-refractivity contribution >= 4 is 5.78 Å². The normalized spacial score (nSPS) is 18.5. The molecule has 0 bridgehead atoms. The van der Waals surface area contributed by atoms with E-state index in [0.29, 0.717) is 13.1 Å². The summed E-state index contributed by atoms with van der Waals surface area (Å²) in [6, 6.07) is 9.48. The van der Waals surface area contributed by atoms with E-state index in [2.05, 4.69) is 0 Å². The molecule has 1 aliphatic heterocycles. The third-order valence-electron chi connectivity index (χ3n) is 3.91. The van der Waals surface area contributed by atoms with E-state index < -0.39 is 0 Å². The molecule has 18 heavy (non-hydrogen) atoms. The van der Waals surface area contributed by atoms with Gasteiger partial charge in [0.1, 0.15) is 13.1 Å². The first-order chi connectivity index (χ1) is 8.76. The lowest BCUT2D eigenvalue weighted by Gasteiger charge is -2.40. The maximum absolute atomic E-state index is 12.3. The standard InChI is InChI=1S/C15H22NO2/c17-12-11-16(9-5-2-6-10-16)13-15(18)14-7-3-1-4-8-14/h1,3-4,7-8,17H,2,5-6,9-13H2/q+1. The number of rotatable bonds is 5. The Morgan fingerprint density at radius 1 is 1.11 bits per heavy atom. The highest BCUT2D eigenvalue weighted by Crippen LogP contribution is 2.19. The summed E-state index contributed by atoms with van der Waals surface area (Å²) in [7, 11) is 0. The first-order valence-electron chi connectivity index (χ1n) is 6.80. The van der Waals surface area contributed by atoms with E-state index in [1.807, 2.05) is 30.3 Å². The second-order valence-corrected chi connectivity index (χ2v) is 5.24. The van der Waals surface area contributed by atoms with Crippen LogP contribution in [-0.4, -0.2) is 48.2 Å². The highest BCUT2D eigenvalue weighted by atomic mass is 16.3. The van der Waals surface area contributed by atoms with Crippen LogP contribution in [-0.2, 0) is 0 Å². The molecule has 3 nitrogen and oxygen atoms in total. The van der Waals surface area contributed by atoms with Crippen LogP contribution < -0.4 is 0 Å². The van der Waals surface area contributed by atoms with Gasteiger partial charge in [-0.25, -0.2) is 0 Å². The number of Topliss-reactive ketones (excluding diaryl/α,β-unsaturated/α-hetero) is 1. The van der Waals surface area contributed by atoms with E-state index >= 15 is 0 Å². The first kappa shape index (κ1) is 13.2. The van der Waals surface area contributed by atoms with Crippen LogP contribution in [0.15, 0.2) is 30.3 Å². The van der Waals surface area contributed by atoms with Crippen molar-refractivity contribution < 1.29 is 14.4 Å². The average molecular weight is 248 g/mol. The minimum Gasteiger partial charge on any atom is -0.391 e. The van der Waals surface area contributed by atoms with Crippen molar-refractivity contribution in [2.75, 3.05) is 32.8 Å². The van der Waals surface area contributed by atoms with Crippen molar-refractivity contribution in [3.63, 3.8) is 0 Å². The third-order valence-corrected chi connectivity index (χ3v) is 3.91. The molecule has 0 atom stereocenters. The summed E-state index contributed by atoms with van der Waals surface area (Å²) in [5.41, 5.74) is 0.790. The van der Waals surface area contributed by atoms with Crippen molar-refractivity contribution in [2.24, 2.45) is 0 Å². The predicted octanol–water partition coefficient (Wildman–Crippen LogP) is 1.86. The number of hydrogen-bond acceptors (Lipinski definition) is 2. The molecular weight excluding hydrogens is 226 g/mol. The predicted molar refractivity (Wildman–Crippen MR) is 71.4 cm³/mol. The third kappa shape index (κ3) is 3.18. The monoisotopic (exact) mass is 248 g/mol. The molecule has 1 fully saturated rings. The zero-order valence-corrected chi connectivity index (χ0v) is 10.8. The second-order valence-electron chi connectivity index (χ2n) is 5.24. The Labute approximate surface area is 109 Å². The number of aliphatic hydroxyl groups excluding tert-OH is 1. The van der Waals surface area contributed by atoms with E-state index in [-0.39, 0.29) is 12.4 Å². The highest BCUT2D eigenvalue weighted by molar-refractivity contribution is 5.96. The molecule has 1 aromatic carbocycles. The molecule has 0 radical (unpaired) electrons. The maximum Gasteiger partial charge on any atom is 0.216 e. The Morgan fingerprint density at radius 2 is 1.78 bits per heavy atom. The van der Waals surface area contributed by atoms with Gasteiger partial charge in [-0.1, -0.05) is 30.3 Å². The number of hydrogen-bond donors (Lipinski definition) is 1. The summed E-state index contributed by atoms with van der Waals surface area (Å²) in [5.74, 6) is 0.200. The molecule has 0 unspecified atom stereocenters. The molecule has 0 saturated carbocycles. The Kier molecular flexibility index (Phi) is 4.50. The molecule has 1 saturated heterocycles. The molecule has 1 N–H and O–H groups in total. The number of aliphatic hydroxyl groups is 1. The molecule has 1 aliphatic rings. The van der Waals surface area contributed by atoms with Gasteiger partial charge in [0, 0.05) is 5.56 Å². The van der Waals surface area contributed by atoms with E-state index in [4.69, 9.17) is 0 Å². The van der Waals surface area contributed by atoms with Crippen molar-refractivity contribution in [3.8, 4) is 0 Å². The number of ketones is 1. The largest absolute Gasteiger partial charge is 0.391 e. The summed E-state index contributed by atoms with van der Waals surface area (Å²) in [6.45, 7) is 3.46. The topological polar surface area (TPSA) is 37.3 Å². The molecular formula is C15H22NO2+. The van der Waals surface area contributed by atoms with Crippen LogP contribution in [0.4, 0.5) is 0 Å². The number of quaternary nitrogens is 1. The zero-order valence-electron chi connectivity index (χ0n) is 10.8. The number of piperidine rings is 1. The average Bonchev–Trinajstić information content (AvgIpc) is 2.41. The van der Waals surface area contributed by atoms with Gasteiger partial charge in [0.15, 0.2) is 0 Å². The van der Waals surface area contributed by atoms with Crippen LogP contribution in [0.25, 0.3) is 0 Å². The number of nitrogens with zero attached hydrogens (tertiary/aromatic N) is 1. The number of likely N-dealkylation sites (tertiary alicyclic amines) is 1. The summed E-state index contributed by atoms with van der Waals surface area (Å²) in [6.07, 6.45) is 3.59. The molecule has 1 aromatic rings. The lowest BCUT2D eigenvalue weighted by molar-refractivity contribution is -0.925. The van der Waals surface area contributed by atoms with Crippen LogP contribution in [0, 0.1) is 0 Å². The quantitative estimate of drug-likeness (QED) is 0.638. The molecule has 98 valence electrons. The molecule has 1 heterocycles. The van der Waals surface area contributed by atoms with Crippen molar-refractivity contribution in [3.05, 3.63) is 35.9 Å². The zero-order chi connectivity index (χ0) is 12.8. The van der Waals surface area contributed by atoms with E-state index in [9.17, 15) is 9.90 Å². The van der Waals surface area contributed by atoms with Gasteiger partial charge in [0.25, 0.3) is 0 Å². The summed E-state index contributed by atoms with van der Waals surface area (Å²) >= 11 is 0. The Balaban J connectivity index is 2.07. The van der Waals surface area contributed by atoms with Crippen LogP contribution >= 0.6 is 0 Å². The van der Waals surface area contributed by atoms with Crippen LogP contribution in [0.3, 0.4) is 0 Å². The van der Waals surface area contributed by atoms with Crippen molar-refractivity contribution in [2.45, 2.75) is 19.3 Å². The lowest BCUT2D eigenvalue weighted by Crippen LogP contribution is -2.55. The van der Waals surface area contributed by atoms with Gasteiger partial charge in [0.2, 0.25) is 5.78 Å². The molecule has 2 rings (SSSR count). The summed E-state index contributed by atoms with van der Waals surface area (Å²) in [5, 5.41) is 9.24. The SMILES string of the molecule is O=C(C[N+]1(CCO)CCCCC1)c1ccccc1. The minimum absolute atomic E-state index is 0.169. The van der Waals surface area contributed by atoms with Gasteiger partial charge in [-0.2, -0.15) is 0 Å². The molecule has 0 amide bonds. The second kappa shape index (κ2) is 6.12. The Bertz CT molecular complexity index is 377. The molecule has 3 heteroatoms. The summed E-state index contributed by atoms with van der Waals surface area (Å²) < 4.78 is 0.768. The van der Waals surface area contributed by atoms with Gasteiger partial charge in [-0.15, -0.1) is 0 Å². The van der Waals surface area contributed by atoms with Gasteiger partial charge in [-0.05, 0) is 19.3 Å². The first-order valence-corrected chi connectivity index (χ1v) is 6.80. The van der Waals surface area contributed by atoms with E-state index in [1.165, 1.54) is 19.3 Å². The smallest absolute Gasteiger partial charge is 0.216 e. The van der Waals surface area contributed by atoms with E-state index in [0.717, 1.165) is 23.1 Å². The number of benzene rings is 1. The molecule has 0 spiro atoms. The maximum atomic E-state index is 12.3. The molecule has 0 aromatic heterocycles. The van der Waals surface area contributed by atoms with Crippen LogP contribution in [0.1, 0.15) is 29.6 Å². The fraction of sp³-hybridized carbons (Fsp3) is 0.533. The summed E-state index contributed by atoms with van der Waals surface area (Å²) in [4.78, 5) is 12.3. The van der Waals surface area contributed by atoms with Crippen molar-refractivity contribution in [1.29, 1.82) is 0 Å². The molecule has 0 aliphatic carbocycles. The Morgan fingerprint density at radius 3 is 2.39 bits per heavy atom. The Hall–Kier alpha value is -1.19. The van der Waals surface area contributed by atoms with Crippen LogP contribution in [0.5, 0.6) is 0 Å².